The average Bonchev–Trinajstić information content (AvgIpc) is 2.10. The lowest BCUT2D eigenvalue weighted by Crippen LogP contribution is -2.01. The van der Waals surface area contributed by atoms with E-state index in [4.69, 9.17) is 7.85 Å². The van der Waals surface area contributed by atoms with Crippen LogP contribution in [0.2, 0.25) is 0 Å². The molecule has 0 heterocycles. The molecule has 0 fully saturated rings. The van der Waals surface area contributed by atoms with Crippen LogP contribution in [0, 0.1) is 20.8 Å². The molecule has 0 amide bonds. The second kappa shape index (κ2) is 4.00. The fourth-order valence-corrected chi connectivity index (χ4v) is 1.99. The van der Waals surface area contributed by atoms with Crippen molar-refractivity contribution in [3.05, 3.63) is 33.9 Å². The van der Waals surface area contributed by atoms with E-state index >= 15 is 0 Å². The predicted octanol–water partition coefficient (Wildman–Crippen LogP) is 2.84. The van der Waals surface area contributed by atoms with Gasteiger partial charge in [0.05, 0.1) is 7.85 Å². The molecule has 0 nitrogen and oxygen atoms in total. The van der Waals surface area contributed by atoms with Crippen molar-refractivity contribution < 1.29 is 0 Å². The van der Waals surface area contributed by atoms with Gasteiger partial charge in [-0.2, -0.15) is 0 Å². The summed E-state index contributed by atoms with van der Waals surface area (Å²) in [6, 6.07) is 2.23. The Hall–Kier alpha value is -0.715. The molecule has 0 saturated carbocycles. The van der Waals surface area contributed by atoms with Crippen molar-refractivity contribution >= 4 is 7.85 Å². The quantitative estimate of drug-likeness (QED) is 0.601. The summed E-state index contributed by atoms with van der Waals surface area (Å²) in [5.41, 5.74) is 6.91. The zero-order chi connectivity index (χ0) is 10.0. The van der Waals surface area contributed by atoms with Crippen molar-refractivity contribution in [2.75, 3.05) is 0 Å². The van der Waals surface area contributed by atoms with E-state index in [0.29, 0.717) is 6.32 Å². The van der Waals surface area contributed by atoms with E-state index in [1.165, 1.54) is 27.8 Å². The van der Waals surface area contributed by atoms with Gasteiger partial charge in [-0.05, 0) is 49.4 Å². The molecule has 1 aromatic carbocycles. The van der Waals surface area contributed by atoms with Crippen LogP contribution in [0.15, 0.2) is 6.07 Å². The van der Waals surface area contributed by atoms with Gasteiger partial charge in [-0.15, -0.1) is 0 Å². The molecule has 0 bridgehead atoms. The van der Waals surface area contributed by atoms with E-state index in [1.54, 1.807) is 0 Å². The van der Waals surface area contributed by atoms with Crippen LogP contribution in [-0.2, 0) is 12.7 Å². The molecule has 0 spiro atoms. The topological polar surface area (TPSA) is 0 Å². The highest BCUT2D eigenvalue weighted by molar-refractivity contribution is 6.08. The first-order valence-electron chi connectivity index (χ1n) is 4.90. The van der Waals surface area contributed by atoms with Crippen LogP contribution < -0.4 is 0 Å². The van der Waals surface area contributed by atoms with Crippen LogP contribution in [-0.4, -0.2) is 7.85 Å². The molecule has 0 aliphatic heterocycles. The van der Waals surface area contributed by atoms with Crippen molar-refractivity contribution in [2.24, 2.45) is 0 Å². The van der Waals surface area contributed by atoms with E-state index in [1.807, 2.05) is 0 Å². The second-order valence-electron chi connectivity index (χ2n) is 3.65. The van der Waals surface area contributed by atoms with Crippen LogP contribution >= 0.6 is 0 Å². The molecule has 2 radical (unpaired) electrons. The van der Waals surface area contributed by atoms with E-state index in [9.17, 15) is 0 Å². The molecule has 0 unspecified atom stereocenters. The summed E-state index contributed by atoms with van der Waals surface area (Å²) in [4.78, 5) is 0. The molecule has 0 N–H and O–H groups in total. The zero-order valence-electron chi connectivity index (χ0n) is 9.07. The van der Waals surface area contributed by atoms with Crippen molar-refractivity contribution in [3.8, 4) is 0 Å². The largest absolute Gasteiger partial charge is 0.0716 e. The first kappa shape index (κ1) is 10.4. The molecule has 0 aromatic heterocycles. The van der Waals surface area contributed by atoms with Crippen LogP contribution in [0.25, 0.3) is 0 Å². The summed E-state index contributed by atoms with van der Waals surface area (Å²) < 4.78 is 0. The van der Waals surface area contributed by atoms with Gasteiger partial charge in [0.1, 0.15) is 0 Å². The summed E-state index contributed by atoms with van der Waals surface area (Å²) in [5.74, 6) is 0. The lowest BCUT2D eigenvalue weighted by molar-refractivity contribution is 1.04. The van der Waals surface area contributed by atoms with Crippen molar-refractivity contribution in [1.82, 2.24) is 0 Å². The van der Waals surface area contributed by atoms with Gasteiger partial charge in [0.15, 0.2) is 0 Å². The third kappa shape index (κ3) is 1.79. The smallest absolute Gasteiger partial charge is 0.0638 e. The molecular weight excluding hydrogens is 155 g/mol. The Morgan fingerprint density at radius 1 is 1.08 bits per heavy atom. The standard InChI is InChI=1S/C12H17B/c1-5-11-10(4)8(2)6-9(3)12(11)7-13/h6H,5,7H2,1-4H3. The molecule has 13 heavy (non-hydrogen) atoms. The molecule has 1 aromatic rings. The van der Waals surface area contributed by atoms with Gasteiger partial charge < -0.3 is 0 Å². The SMILES string of the molecule is [B]Cc1c(C)cc(C)c(C)c1CC. The van der Waals surface area contributed by atoms with Crippen molar-refractivity contribution in [3.63, 3.8) is 0 Å². The highest BCUT2D eigenvalue weighted by Gasteiger charge is 2.07. The number of rotatable bonds is 2. The molecule has 0 saturated heterocycles. The molecule has 1 heteroatoms. The lowest BCUT2D eigenvalue weighted by Gasteiger charge is -2.15. The Morgan fingerprint density at radius 3 is 2.15 bits per heavy atom. The predicted molar refractivity (Wildman–Crippen MR) is 59.5 cm³/mol. The Morgan fingerprint density at radius 2 is 1.69 bits per heavy atom. The molecule has 0 aliphatic carbocycles. The first-order valence-corrected chi connectivity index (χ1v) is 4.90. The summed E-state index contributed by atoms with van der Waals surface area (Å²) in [6.07, 6.45) is 1.75. The van der Waals surface area contributed by atoms with Gasteiger partial charge in [-0.1, -0.05) is 24.9 Å². The van der Waals surface area contributed by atoms with Crippen LogP contribution in [0.5, 0.6) is 0 Å². The Kier molecular flexibility index (Phi) is 3.19. The second-order valence-corrected chi connectivity index (χ2v) is 3.65. The van der Waals surface area contributed by atoms with Gasteiger partial charge in [-0.3, -0.25) is 0 Å². The minimum atomic E-state index is 0.663. The Bertz CT molecular complexity index is 313. The Balaban J connectivity index is 3.41. The molecule has 0 atom stereocenters. The van der Waals surface area contributed by atoms with Gasteiger partial charge >= 0.3 is 0 Å². The van der Waals surface area contributed by atoms with Crippen LogP contribution in [0.4, 0.5) is 0 Å². The molecule has 68 valence electrons. The maximum absolute atomic E-state index is 5.75. The van der Waals surface area contributed by atoms with Crippen LogP contribution in [0.1, 0.15) is 34.7 Å². The maximum Gasteiger partial charge on any atom is 0.0716 e. The number of aryl methyl sites for hydroxylation is 2. The molecule has 0 aliphatic rings. The summed E-state index contributed by atoms with van der Waals surface area (Å²) >= 11 is 0. The van der Waals surface area contributed by atoms with E-state index in [-0.39, 0.29) is 0 Å². The third-order valence-corrected chi connectivity index (χ3v) is 2.88. The summed E-state index contributed by atoms with van der Waals surface area (Å²) in [5, 5.41) is 0. The minimum absolute atomic E-state index is 0.663. The number of hydrogen-bond donors (Lipinski definition) is 0. The highest BCUT2D eigenvalue weighted by atomic mass is 14.1. The average molecular weight is 172 g/mol. The van der Waals surface area contributed by atoms with E-state index < -0.39 is 0 Å². The van der Waals surface area contributed by atoms with Crippen molar-refractivity contribution in [1.29, 1.82) is 0 Å². The fraction of sp³-hybridized carbons (Fsp3) is 0.500. The van der Waals surface area contributed by atoms with Gasteiger partial charge in [-0.25, -0.2) is 0 Å². The van der Waals surface area contributed by atoms with Gasteiger partial charge in [0.25, 0.3) is 0 Å². The number of hydrogen-bond acceptors (Lipinski definition) is 0. The van der Waals surface area contributed by atoms with E-state index in [0.717, 1.165) is 6.42 Å². The van der Waals surface area contributed by atoms with Gasteiger partial charge in [0, 0.05) is 0 Å². The number of benzene rings is 1. The first-order chi connectivity index (χ1) is 6.11. The summed E-state index contributed by atoms with van der Waals surface area (Å²) in [7, 11) is 5.75. The molecule has 1 rings (SSSR count). The maximum atomic E-state index is 5.75. The normalized spacial score (nSPS) is 10.5. The fourth-order valence-electron chi connectivity index (χ4n) is 1.99. The lowest BCUT2D eigenvalue weighted by atomic mass is 9.85. The zero-order valence-corrected chi connectivity index (χ0v) is 9.07. The monoisotopic (exact) mass is 172 g/mol. The Labute approximate surface area is 82.8 Å². The van der Waals surface area contributed by atoms with Crippen LogP contribution in [0.3, 0.4) is 0 Å². The minimum Gasteiger partial charge on any atom is -0.0638 e. The van der Waals surface area contributed by atoms with Gasteiger partial charge in [0.2, 0.25) is 0 Å². The van der Waals surface area contributed by atoms with Crippen molar-refractivity contribution in [2.45, 2.75) is 40.4 Å². The highest BCUT2D eigenvalue weighted by Crippen LogP contribution is 2.22. The summed E-state index contributed by atoms with van der Waals surface area (Å²) in [6.45, 7) is 8.70. The van der Waals surface area contributed by atoms with E-state index in [2.05, 4.69) is 33.8 Å². The molecular formula is C12H17B. The third-order valence-electron chi connectivity index (χ3n) is 2.88.